The number of fused-ring (bicyclic) bond motifs is 1. The summed E-state index contributed by atoms with van der Waals surface area (Å²) in [6.07, 6.45) is 1.69. The van der Waals surface area contributed by atoms with Crippen LogP contribution in [-0.2, 0) is 5.41 Å². The van der Waals surface area contributed by atoms with Crippen molar-refractivity contribution >= 4 is 22.6 Å². The van der Waals surface area contributed by atoms with Crippen LogP contribution in [0.1, 0.15) is 36.7 Å². The van der Waals surface area contributed by atoms with Crippen molar-refractivity contribution in [2.45, 2.75) is 26.2 Å². The Kier molecular flexibility index (Phi) is 4.80. The number of carbonyl (C=O) groups excluding carboxylic acids is 1. The molecule has 2 N–H and O–H groups in total. The van der Waals surface area contributed by atoms with Gasteiger partial charge >= 0.3 is 0 Å². The van der Waals surface area contributed by atoms with Gasteiger partial charge in [0.2, 0.25) is 0 Å². The number of aromatic amines is 1. The van der Waals surface area contributed by atoms with Crippen LogP contribution in [0.4, 0.5) is 5.82 Å². The fraction of sp³-hybridized carbons (Fsp3) is 0.238. The van der Waals surface area contributed by atoms with Gasteiger partial charge in [-0.15, -0.1) is 0 Å². The Morgan fingerprint density at radius 1 is 1.23 bits per heavy atom. The fourth-order valence-electron chi connectivity index (χ4n) is 2.64. The summed E-state index contributed by atoms with van der Waals surface area (Å²) >= 11 is 0. The second-order valence-electron chi connectivity index (χ2n) is 7.16. The molecule has 0 fully saturated rings. The molecule has 0 aliphatic rings. The van der Waals surface area contributed by atoms with Gasteiger partial charge in [0.15, 0.2) is 5.82 Å². The van der Waals surface area contributed by atoms with Crippen molar-refractivity contribution in [2.75, 3.05) is 11.9 Å². The summed E-state index contributed by atoms with van der Waals surface area (Å²) in [6, 6.07) is 13.2. The van der Waals surface area contributed by atoms with Gasteiger partial charge in [-0.25, -0.2) is 0 Å². The van der Waals surface area contributed by atoms with Gasteiger partial charge in [0.05, 0.1) is 5.52 Å². The number of rotatable bonds is 5. The van der Waals surface area contributed by atoms with Crippen LogP contribution < -0.4 is 10.1 Å². The predicted octanol–water partition coefficient (Wildman–Crippen LogP) is 4.68. The number of carbonyl (C=O) groups is 1. The van der Waals surface area contributed by atoms with Crippen LogP contribution in [0.25, 0.3) is 10.9 Å². The van der Waals surface area contributed by atoms with Crippen molar-refractivity contribution < 1.29 is 9.53 Å². The predicted molar refractivity (Wildman–Crippen MR) is 105 cm³/mol. The molecule has 3 rings (SSSR count). The topological polar surface area (TPSA) is 67.0 Å². The first-order valence-corrected chi connectivity index (χ1v) is 8.52. The van der Waals surface area contributed by atoms with E-state index < -0.39 is 0 Å². The van der Waals surface area contributed by atoms with E-state index >= 15 is 0 Å². The Morgan fingerprint density at radius 2 is 1.96 bits per heavy atom. The largest absolute Gasteiger partial charge is 0.489 e. The van der Waals surface area contributed by atoms with E-state index in [4.69, 9.17) is 4.74 Å². The van der Waals surface area contributed by atoms with E-state index in [2.05, 4.69) is 42.9 Å². The summed E-state index contributed by atoms with van der Waals surface area (Å²) in [5, 5.41) is 10.8. The van der Waals surface area contributed by atoms with Gasteiger partial charge in [0.25, 0.3) is 5.91 Å². The van der Waals surface area contributed by atoms with Crippen molar-refractivity contribution in [2.24, 2.45) is 0 Å². The summed E-state index contributed by atoms with van der Waals surface area (Å²) in [5.74, 6) is 1.03. The van der Waals surface area contributed by atoms with E-state index in [1.54, 1.807) is 6.08 Å². The van der Waals surface area contributed by atoms with Crippen LogP contribution in [0, 0.1) is 0 Å². The molecule has 26 heavy (non-hydrogen) atoms. The van der Waals surface area contributed by atoms with Crippen LogP contribution in [0.3, 0.4) is 0 Å². The third-order valence-corrected chi connectivity index (χ3v) is 4.15. The molecule has 5 heteroatoms. The number of nitrogens with zero attached hydrogens (tertiary/aromatic N) is 1. The maximum atomic E-state index is 12.5. The van der Waals surface area contributed by atoms with Crippen LogP contribution >= 0.6 is 0 Å². The SMILES string of the molecule is C=CCOc1ccc2c(NC(=O)c3ccc(C(C)(C)C)cc3)n[nH]c2c1. The minimum atomic E-state index is -0.189. The zero-order valence-corrected chi connectivity index (χ0v) is 15.3. The van der Waals surface area contributed by atoms with Crippen molar-refractivity contribution in [1.82, 2.24) is 10.2 Å². The summed E-state index contributed by atoms with van der Waals surface area (Å²) < 4.78 is 5.51. The molecule has 134 valence electrons. The highest BCUT2D eigenvalue weighted by molar-refractivity contribution is 6.07. The summed E-state index contributed by atoms with van der Waals surface area (Å²) in [6.45, 7) is 10.5. The van der Waals surface area contributed by atoms with Crippen LogP contribution in [0.5, 0.6) is 5.75 Å². The number of hydrogen-bond acceptors (Lipinski definition) is 3. The molecule has 0 unspecified atom stereocenters. The first-order chi connectivity index (χ1) is 12.4. The third kappa shape index (κ3) is 3.77. The van der Waals surface area contributed by atoms with E-state index in [1.807, 2.05) is 42.5 Å². The normalized spacial score (nSPS) is 11.3. The second kappa shape index (κ2) is 7.04. The van der Waals surface area contributed by atoms with Gasteiger partial charge in [-0.2, -0.15) is 5.10 Å². The number of H-pyrrole nitrogens is 1. The Bertz CT molecular complexity index is 934. The molecule has 1 aromatic heterocycles. The lowest BCUT2D eigenvalue weighted by Gasteiger charge is -2.18. The van der Waals surface area contributed by atoms with E-state index in [0.29, 0.717) is 18.0 Å². The summed E-state index contributed by atoms with van der Waals surface area (Å²) in [7, 11) is 0. The molecule has 2 aromatic carbocycles. The lowest BCUT2D eigenvalue weighted by Crippen LogP contribution is -2.14. The number of aromatic nitrogens is 2. The van der Waals surface area contributed by atoms with E-state index in [0.717, 1.165) is 16.7 Å². The van der Waals surface area contributed by atoms with E-state index in [1.165, 1.54) is 5.56 Å². The number of ether oxygens (including phenoxy) is 1. The quantitative estimate of drug-likeness (QED) is 0.657. The van der Waals surface area contributed by atoms with Crippen molar-refractivity contribution in [3.8, 4) is 5.75 Å². The van der Waals surface area contributed by atoms with Crippen LogP contribution in [0.2, 0.25) is 0 Å². The Balaban J connectivity index is 1.78. The molecule has 0 atom stereocenters. The maximum Gasteiger partial charge on any atom is 0.256 e. The van der Waals surface area contributed by atoms with Crippen molar-refractivity contribution in [3.05, 3.63) is 66.2 Å². The minimum Gasteiger partial charge on any atom is -0.489 e. The molecule has 0 saturated carbocycles. The smallest absolute Gasteiger partial charge is 0.256 e. The molecule has 1 amide bonds. The highest BCUT2D eigenvalue weighted by Gasteiger charge is 2.15. The van der Waals surface area contributed by atoms with Gasteiger partial charge in [-0.05, 0) is 35.2 Å². The molecule has 0 bridgehead atoms. The third-order valence-electron chi connectivity index (χ3n) is 4.15. The molecule has 0 saturated heterocycles. The first-order valence-electron chi connectivity index (χ1n) is 8.52. The lowest BCUT2D eigenvalue weighted by molar-refractivity contribution is 0.102. The van der Waals surface area contributed by atoms with Gasteiger partial charge < -0.3 is 10.1 Å². The highest BCUT2D eigenvalue weighted by atomic mass is 16.5. The lowest BCUT2D eigenvalue weighted by atomic mass is 9.87. The van der Waals surface area contributed by atoms with Gasteiger partial charge in [0.1, 0.15) is 12.4 Å². The average Bonchev–Trinajstić information content (AvgIpc) is 3.01. The fourth-order valence-corrected chi connectivity index (χ4v) is 2.64. The first kappa shape index (κ1) is 17.7. The highest BCUT2D eigenvalue weighted by Crippen LogP contribution is 2.26. The molecular weight excluding hydrogens is 326 g/mol. The Morgan fingerprint density at radius 3 is 2.62 bits per heavy atom. The number of amides is 1. The molecule has 1 heterocycles. The van der Waals surface area contributed by atoms with Crippen LogP contribution in [0.15, 0.2) is 55.1 Å². The number of nitrogens with one attached hydrogen (secondary N) is 2. The van der Waals surface area contributed by atoms with Crippen LogP contribution in [-0.4, -0.2) is 22.7 Å². The monoisotopic (exact) mass is 349 g/mol. The number of hydrogen-bond donors (Lipinski definition) is 2. The Labute approximate surface area is 153 Å². The number of benzene rings is 2. The Hall–Kier alpha value is -3.08. The van der Waals surface area contributed by atoms with Crippen molar-refractivity contribution in [1.29, 1.82) is 0 Å². The van der Waals surface area contributed by atoms with Gasteiger partial charge in [0, 0.05) is 17.0 Å². The number of anilines is 1. The van der Waals surface area contributed by atoms with Crippen molar-refractivity contribution in [3.63, 3.8) is 0 Å². The van der Waals surface area contributed by atoms with E-state index in [9.17, 15) is 4.79 Å². The average molecular weight is 349 g/mol. The van der Waals surface area contributed by atoms with Gasteiger partial charge in [-0.1, -0.05) is 45.6 Å². The molecule has 5 nitrogen and oxygen atoms in total. The van der Waals surface area contributed by atoms with Gasteiger partial charge in [-0.3, -0.25) is 9.89 Å². The zero-order chi connectivity index (χ0) is 18.7. The summed E-state index contributed by atoms with van der Waals surface area (Å²) in [4.78, 5) is 12.5. The van der Waals surface area contributed by atoms with E-state index in [-0.39, 0.29) is 11.3 Å². The molecular formula is C21H23N3O2. The minimum absolute atomic E-state index is 0.0543. The second-order valence-corrected chi connectivity index (χ2v) is 7.16. The molecule has 0 radical (unpaired) electrons. The molecule has 0 aliphatic heterocycles. The zero-order valence-electron chi connectivity index (χ0n) is 15.3. The standard InChI is InChI=1S/C21H23N3O2/c1-5-12-26-16-10-11-17-18(13-16)23-24-19(17)22-20(25)14-6-8-15(9-7-14)21(2,3)4/h5-11,13H,1,12H2,2-4H3,(H2,22,23,24,25). The summed E-state index contributed by atoms with van der Waals surface area (Å²) in [5.41, 5.74) is 2.63. The molecule has 0 spiro atoms. The maximum absolute atomic E-state index is 12.5. The molecule has 3 aromatic rings. The molecule has 0 aliphatic carbocycles.